The number of ether oxygens (including phenoxy) is 5. The largest absolute Gasteiger partial charge is 0.497 e. The van der Waals surface area contributed by atoms with Crippen LogP contribution < -0.4 is 23.7 Å². The monoisotopic (exact) mass is 344 g/mol. The van der Waals surface area contributed by atoms with Crippen molar-refractivity contribution in [1.29, 1.82) is 0 Å². The molecule has 0 aliphatic carbocycles. The zero-order valence-corrected chi connectivity index (χ0v) is 14.6. The lowest BCUT2D eigenvalue weighted by Crippen LogP contribution is -2.21. The van der Waals surface area contributed by atoms with Crippen LogP contribution in [-0.2, 0) is 0 Å². The fraction of sp³-hybridized carbons (Fsp3) is 0.316. The minimum absolute atomic E-state index is 0.0596. The van der Waals surface area contributed by atoms with Crippen LogP contribution in [0.25, 0.3) is 0 Å². The van der Waals surface area contributed by atoms with Gasteiger partial charge in [-0.25, -0.2) is 0 Å². The summed E-state index contributed by atoms with van der Waals surface area (Å²) < 4.78 is 27.4. The summed E-state index contributed by atoms with van der Waals surface area (Å²) in [6, 6.07) is 8.77. The molecule has 0 aromatic heterocycles. The van der Waals surface area contributed by atoms with Crippen LogP contribution in [0.4, 0.5) is 0 Å². The fourth-order valence-corrected chi connectivity index (χ4v) is 2.94. The molecule has 0 N–H and O–H groups in total. The van der Waals surface area contributed by atoms with E-state index in [-0.39, 0.29) is 12.2 Å². The van der Waals surface area contributed by atoms with Crippen molar-refractivity contribution in [3.05, 3.63) is 41.5 Å². The van der Waals surface area contributed by atoms with E-state index >= 15 is 0 Å². The summed E-state index contributed by atoms with van der Waals surface area (Å²) in [7, 11) is 6.23. The van der Waals surface area contributed by atoms with E-state index in [0.29, 0.717) is 34.3 Å². The molecule has 2 aromatic rings. The lowest BCUT2D eigenvalue weighted by Gasteiger charge is -2.28. The van der Waals surface area contributed by atoms with Crippen molar-refractivity contribution in [1.82, 2.24) is 0 Å². The number of rotatable bonds is 5. The third kappa shape index (κ3) is 3.07. The summed E-state index contributed by atoms with van der Waals surface area (Å²) >= 11 is 0. The number of fused-ring (bicyclic) bond motifs is 1. The van der Waals surface area contributed by atoms with Gasteiger partial charge in [0, 0.05) is 17.7 Å². The van der Waals surface area contributed by atoms with Gasteiger partial charge < -0.3 is 23.7 Å². The van der Waals surface area contributed by atoms with Gasteiger partial charge in [0.1, 0.15) is 40.4 Å². The molecule has 0 spiro atoms. The third-order valence-corrected chi connectivity index (χ3v) is 4.20. The van der Waals surface area contributed by atoms with Gasteiger partial charge in [-0.2, -0.15) is 0 Å². The molecule has 1 aliphatic rings. The molecule has 1 atom stereocenters. The first-order valence-electron chi connectivity index (χ1n) is 7.79. The molecule has 0 amide bonds. The Morgan fingerprint density at radius 3 is 2.24 bits per heavy atom. The Hall–Kier alpha value is -2.89. The molecule has 6 nitrogen and oxygen atoms in total. The Kier molecular flexibility index (Phi) is 4.70. The Bertz CT molecular complexity index is 799. The van der Waals surface area contributed by atoms with Gasteiger partial charge in [0.2, 0.25) is 0 Å². The maximum Gasteiger partial charge on any atom is 0.174 e. The van der Waals surface area contributed by atoms with Gasteiger partial charge in [-0.1, -0.05) is 0 Å². The molecule has 0 unspecified atom stereocenters. The van der Waals surface area contributed by atoms with Crippen molar-refractivity contribution in [2.45, 2.75) is 12.5 Å². The van der Waals surface area contributed by atoms with E-state index in [9.17, 15) is 4.79 Å². The average molecular weight is 344 g/mol. The maximum atomic E-state index is 12.7. The molecule has 0 saturated heterocycles. The number of benzene rings is 2. The van der Waals surface area contributed by atoms with Crippen molar-refractivity contribution in [2.75, 3.05) is 28.4 Å². The minimum Gasteiger partial charge on any atom is -0.497 e. The van der Waals surface area contributed by atoms with Crippen molar-refractivity contribution in [3.8, 4) is 28.7 Å². The van der Waals surface area contributed by atoms with Gasteiger partial charge in [-0.05, 0) is 18.2 Å². The molecule has 25 heavy (non-hydrogen) atoms. The van der Waals surface area contributed by atoms with Gasteiger partial charge in [-0.15, -0.1) is 0 Å². The van der Waals surface area contributed by atoms with Gasteiger partial charge in [-0.3, -0.25) is 4.79 Å². The van der Waals surface area contributed by atoms with Crippen LogP contribution in [-0.4, -0.2) is 34.2 Å². The molecule has 0 radical (unpaired) electrons. The lowest BCUT2D eigenvalue weighted by atomic mass is 9.94. The average Bonchev–Trinajstić information content (AvgIpc) is 2.66. The summed E-state index contributed by atoms with van der Waals surface area (Å²) in [6.07, 6.45) is -0.305. The van der Waals surface area contributed by atoms with Crippen LogP contribution in [0.2, 0.25) is 0 Å². The van der Waals surface area contributed by atoms with Gasteiger partial charge in [0.25, 0.3) is 0 Å². The molecular weight excluding hydrogens is 324 g/mol. The van der Waals surface area contributed by atoms with E-state index in [1.807, 2.05) is 6.07 Å². The Balaban J connectivity index is 2.06. The van der Waals surface area contributed by atoms with E-state index in [2.05, 4.69) is 0 Å². The number of carbonyl (C=O) groups is 1. The van der Waals surface area contributed by atoms with Gasteiger partial charge in [0.15, 0.2) is 5.78 Å². The van der Waals surface area contributed by atoms with Crippen molar-refractivity contribution >= 4 is 5.78 Å². The molecule has 0 bridgehead atoms. The predicted octanol–water partition coefficient (Wildman–Crippen LogP) is 3.43. The molecule has 132 valence electrons. The maximum absolute atomic E-state index is 12.7. The molecule has 1 aliphatic heterocycles. The minimum atomic E-state index is -0.484. The summed E-state index contributed by atoms with van der Waals surface area (Å²) in [5.41, 5.74) is 1.18. The number of Topliss-reactive ketones (excluding diaryl/α,β-unsaturated/α-hetero) is 1. The van der Waals surface area contributed by atoms with E-state index in [1.165, 1.54) is 7.11 Å². The number of ketones is 1. The molecule has 0 fully saturated rings. The smallest absolute Gasteiger partial charge is 0.174 e. The van der Waals surface area contributed by atoms with Crippen molar-refractivity contribution in [2.24, 2.45) is 0 Å². The summed E-state index contributed by atoms with van der Waals surface area (Å²) in [5.74, 6) is 2.67. The van der Waals surface area contributed by atoms with E-state index in [4.69, 9.17) is 23.7 Å². The van der Waals surface area contributed by atoms with Crippen LogP contribution in [0.3, 0.4) is 0 Å². The lowest BCUT2D eigenvalue weighted by molar-refractivity contribution is 0.0840. The second-order valence-corrected chi connectivity index (χ2v) is 5.54. The van der Waals surface area contributed by atoms with Crippen molar-refractivity contribution in [3.63, 3.8) is 0 Å². The van der Waals surface area contributed by atoms with Crippen LogP contribution in [0, 0.1) is 0 Å². The molecular formula is C19H20O6. The highest BCUT2D eigenvalue weighted by Gasteiger charge is 2.33. The highest BCUT2D eigenvalue weighted by Crippen LogP contribution is 2.44. The Morgan fingerprint density at radius 2 is 1.60 bits per heavy atom. The third-order valence-electron chi connectivity index (χ3n) is 4.20. The van der Waals surface area contributed by atoms with Gasteiger partial charge in [0.05, 0.1) is 34.9 Å². The second kappa shape index (κ2) is 6.93. The quantitative estimate of drug-likeness (QED) is 0.828. The highest BCUT2D eigenvalue weighted by molar-refractivity contribution is 6.03. The number of hydrogen-bond acceptors (Lipinski definition) is 6. The van der Waals surface area contributed by atoms with E-state index < -0.39 is 6.10 Å². The predicted molar refractivity (Wildman–Crippen MR) is 91.4 cm³/mol. The molecule has 3 rings (SSSR count). The van der Waals surface area contributed by atoms with Crippen LogP contribution in [0.5, 0.6) is 28.7 Å². The van der Waals surface area contributed by atoms with Crippen LogP contribution >= 0.6 is 0 Å². The first-order valence-corrected chi connectivity index (χ1v) is 7.79. The highest BCUT2D eigenvalue weighted by atomic mass is 16.5. The summed E-state index contributed by atoms with van der Waals surface area (Å²) in [4.78, 5) is 12.7. The Morgan fingerprint density at radius 1 is 0.880 bits per heavy atom. The molecule has 0 saturated carbocycles. The first-order chi connectivity index (χ1) is 12.1. The number of methoxy groups -OCH3 is 4. The standard InChI is InChI=1S/C19H20O6/c1-21-11-5-6-15(23-3)13(7-11)16-10-14(20)19-17(24-4)8-12(22-2)9-18(19)25-16/h5-9,16H,10H2,1-4H3/t16-/m0/s1. The number of carbonyl (C=O) groups excluding carboxylic acids is 1. The normalized spacial score (nSPS) is 15.8. The summed E-state index contributed by atoms with van der Waals surface area (Å²) in [6.45, 7) is 0. The zero-order chi connectivity index (χ0) is 18.0. The molecule has 2 aromatic carbocycles. The van der Waals surface area contributed by atoms with Crippen molar-refractivity contribution < 1.29 is 28.5 Å². The number of hydrogen-bond donors (Lipinski definition) is 0. The fourth-order valence-electron chi connectivity index (χ4n) is 2.94. The SMILES string of the molecule is COc1cc(OC)c2c(c1)O[C@H](c1cc(OC)ccc1OC)CC2=O. The van der Waals surface area contributed by atoms with Crippen LogP contribution in [0.15, 0.2) is 30.3 Å². The van der Waals surface area contributed by atoms with E-state index in [1.54, 1.807) is 45.6 Å². The van der Waals surface area contributed by atoms with Crippen LogP contribution in [0.1, 0.15) is 28.4 Å². The zero-order valence-electron chi connectivity index (χ0n) is 14.6. The summed E-state index contributed by atoms with van der Waals surface area (Å²) in [5, 5.41) is 0. The Labute approximate surface area is 146 Å². The topological polar surface area (TPSA) is 63.2 Å². The van der Waals surface area contributed by atoms with Gasteiger partial charge >= 0.3 is 0 Å². The molecule has 1 heterocycles. The molecule has 6 heteroatoms. The first kappa shape index (κ1) is 17.0. The van der Waals surface area contributed by atoms with E-state index in [0.717, 1.165) is 5.56 Å². The second-order valence-electron chi connectivity index (χ2n) is 5.54.